The Morgan fingerprint density at radius 2 is 1.59 bits per heavy atom. The third kappa shape index (κ3) is 4.62. The molecule has 0 radical (unpaired) electrons. The van der Waals surface area contributed by atoms with Gasteiger partial charge in [-0.3, -0.25) is 9.63 Å². The summed E-state index contributed by atoms with van der Waals surface area (Å²) in [6.07, 6.45) is -0.612. The molecule has 0 saturated carbocycles. The van der Waals surface area contributed by atoms with Crippen LogP contribution in [0.2, 0.25) is 0 Å². The second kappa shape index (κ2) is 9.36. The van der Waals surface area contributed by atoms with Gasteiger partial charge in [0.25, 0.3) is 0 Å². The van der Waals surface area contributed by atoms with Gasteiger partial charge in [0, 0.05) is 5.92 Å². The zero-order valence-electron chi connectivity index (χ0n) is 16.9. The summed E-state index contributed by atoms with van der Waals surface area (Å²) in [6.45, 7) is -0.477. The Balaban J connectivity index is 1.29. The second-order valence-corrected chi connectivity index (χ2v) is 7.06. The summed E-state index contributed by atoms with van der Waals surface area (Å²) in [5.41, 5.74) is 6.48. The van der Waals surface area contributed by atoms with Gasteiger partial charge in [0.2, 0.25) is 0 Å². The number of aliphatic carboxylic acids is 1. The predicted molar refractivity (Wildman–Crippen MR) is 112 cm³/mol. The van der Waals surface area contributed by atoms with Crippen LogP contribution in [-0.4, -0.2) is 36.3 Å². The largest absolute Gasteiger partial charge is 0.479 e. The van der Waals surface area contributed by atoms with Crippen molar-refractivity contribution in [3.05, 3.63) is 83.3 Å². The molecule has 32 heavy (non-hydrogen) atoms. The maximum Gasteiger partial charge on any atom is 0.407 e. The first kappa shape index (κ1) is 21.1. The number of ether oxygens (including phenoxy) is 1. The van der Waals surface area contributed by atoms with E-state index in [2.05, 4.69) is 22.3 Å². The van der Waals surface area contributed by atoms with Crippen LogP contribution < -0.4 is 10.8 Å². The normalized spacial score (nSPS) is 12.0. The summed E-state index contributed by atoms with van der Waals surface area (Å²) < 4.78 is 10.8. The van der Waals surface area contributed by atoms with Gasteiger partial charge in [-0.05, 0) is 34.4 Å². The van der Waals surface area contributed by atoms with Crippen LogP contribution in [0.25, 0.3) is 11.1 Å². The van der Waals surface area contributed by atoms with Gasteiger partial charge in [-0.2, -0.15) is 0 Å². The highest BCUT2D eigenvalue weighted by molar-refractivity contribution is 5.90. The number of hydrogen-bond donors (Lipinski definition) is 3. The van der Waals surface area contributed by atoms with E-state index in [9.17, 15) is 14.4 Å². The molecule has 0 aliphatic heterocycles. The number of rotatable bonds is 8. The summed E-state index contributed by atoms with van der Waals surface area (Å²) in [5.74, 6) is -1.77. The van der Waals surface area contributed by atoms with E-state index < -0.39 is 24.6 Å². The van der Waals surface area contributed by atoms with Crippen LogP contribution in [0.3, 0.4) is 0 Å². The first-order valence-electron chi connectivity index (χ1n) is 9.84. The quantitative estimate of drug-likeness (QED) is 0.463. The van der Waals surface area contributed by atoms with Gasteiger partial charge in [0.15, 0.2) is 12.4 Å². The number of hydrogen-bond acceptors (Lipinski definition) is 6. The summed E-state index contributed by atoms with van der Waals surface area (Å²) in [5, 5.41) is 11.1. The van der Waals surface area contributed by atoms with Crippen molar-refractivity contribution >= 4 is 18.0 Å². The molecule has 164 valence electrons. The fraction of sp³-hybridized carbons (Fsp3) is 0.174. The number of alkyl carbamates (subject to hydrolysis) is 1. The van der Waals surface area contributed by atoms with Crippen LogP contribution in [0.1, 0.15) is 33.4 Å². The molecule has 0 spiro atoms. The molecule has 0 fully saturated rings. The van der Waals surface area contributed by atoms with E-state index in [0.29, 0.717) is 5.76 Å². The summed E-state index contributed by atoms with van der Waals surface area (Å²) in [6, 6.07) is 19.0. The standard InChI is InChI=1S/C23H20N2O7/c26-21(27)13-31-25-22(28)20-10-9-14(32-20)11-24-23(29)30-12-19-17-7-3-1-5-15(17)16-6-2-4-8-18(16)19/h1-10,19H,11-13H2,(H,24,29)(H,25,28)(H,26,27). The number of amides is 2. The smallest absolute Gasteiger partial charge is 0.407 e. The minimum atomic E-state index is -1.22. The molecule has 9 nitrogen and oxygen atoms in total. The van der Waals surface area contributed by atoms with Crippen molar-refractivity contribution in [2.75, 3.05) is 13.2 Å². The predicted octanol–water partition coefficient (Wildman–Crippen LogP) is 3.06. The number of furan rings is 1. The molecule has 2 aromatic carbocycles. The van der Waals surface area contributed by atoms with Crippen LogP contribution >= 0.6 is 0 Å². The van der Waals surface area contributed by atoms with E-state index in [-0.39, 0.29) is 24.8 Å². The fourth-order valence-corrected chi connectivity index (χ4v) is 3.62. The number of hydroxylamine groups is 1. The van der Waals surface area contributed by atoms with Crippen molar-refractivity contribution in [2.24, 2.45) is 0 Å². The van der Waals surface area contributed by atoms with E-state index in [1.807, 2.05) is 41.9 Å². The van der Waals surface area contributed by atoms with E-state index in [1.165, 1.54) is 12.1 Å². The molecule has 1 aliphatic carbocycles. The maximum absolute atomic E-state index is 12.2. The number of carbonyl (C=O) groups excluding carboxylic acids is 2. The highest BCUT2D eigenvalue weighted by Crippen LogP contribution is 2.44. The monoisotopic (exact) mass is 436 g/mol. The number of carboxylic acid groups (broad SMARTS) is 1. The van der Waals surface area contributed by atoms with Crippen LogP contribution in [0.4, 0.5) is 4.79 Å². The average molecular weight is 436 g/mol. The molecule has 2 amide bonds. The molecule has 9 heteroatoms. The van der Waals surface area contributed by atoms with E-state index in [0.717, 1.165) is 22.3 Å². The Morgan fingerprint density at radius 3 is 2.25 bits per heavy atom. The zero-order chi connectivity index (χ0) is 22.5. The molecule has 1 aromatic heterocycles. The third-order valence-electron chi connectivity index (χ3n) is 5.00. The van der Waals surface area contributed by atoms with Crippen LogP contribution in [0.15, 0.2) is 65.1 Å². The summed E-state index contributed by atoms with van der Waals surface area (Å²) in [7, 11) is 0. The molecule has 4 rings (SSSR count). The van der Waals surface area contributed by atoms with E-state index in [1.54, 1.807) is 0 Å². The van der Waals surface area contributed by atoms with E-state index in [4.69, 9.17) is 14.3 Å². The number of carboxylic acids is 1. The number of fused-ring (bicyclic) bond motifs is 3. The lowest BCUT2D eigenvalue weighted by atomic mass is 9.98. The summed E-state index contributed by atoms with van der Waals surface area (Å²) in [4.78, 5) is 38.9. The van der Waals surface area contributed by atoms with Gasteiger partial charge >= 0.3 is 18.0 Å². The Morgan fingerprint density at radius 1 is 0.938 bits per heavy atom. The lowest BCUT2D eigenvalue weighted by Gasteiger charge is -2.14. The molecular weight excluding hydrogens is 416 g/mol. The summed E-state index contributed by atoms with van der Waals surface area (Å²) >= 11 is 0. The minimum Gasteiger partial charge on any atom is -0.479 e. The molecule has 0 bridgehead atoms. The minimum absolute atomic E-state index is 0.0138. The molecule has 0 atom stereocenters. The SMILES string of the molecule is O=C(O)CONC(=O)c1ccc(CNC(=O)OCC2c3ccccc3-c3ccccc32)o1. The van der Waals surface area contributed by atoms with Crippen molar-refractivity contribution in [3.63, 3.8) is 0 Å². The highest BCUT2D eigenvalue weighted by atomic mass is 16.7. The van der Waals surface area contributed by atoms with Crippen LogP contribution in [0, 0.1) is 0 Å². The van der Waals surface area contributed by atoms with Crippen molar-refractivity contribution in [1.29, 1.82) is 0 Å². The molecular formula is C23H20N2O7. The van der Waals surface area contributed by atoms with Gasteiger partial charge in [-0.1, -0.05) is 48.5 Å². The van der Waals surface area contributed by atoms with Gasteiger partial charge in [-0.25, -0.2) is 15.1 Å². The molecule has 1 aliphatic rings. The number of carbonyl (C=O) groups is 3. The highest BCUT2D eigenvalue weighted by Gasteiger charge is 2.29. The Labute approximate surface area is 182 Å². The van der Waals surface area contributed by atoms with Crippen molar-refractivity contribution in [1.82, 2.24) is 10.8 Å². The Hall–Kier alpha value is -4.11. The fourth-order valence-electron chi connectivity index (χ4n) is 3.62. The molecule has 1 heterocycles. The third-order valence-corrected chi connectivity index (χ3v) is 5.00. The maximum atomic E-state index is 12.2. The Kier molecular flexibility index (Phi) is 6.18. The molecule has 0 saturated heterocycles. The first-order valence-corrected chi connectivity index (χ1v) is 9.84. The van der Waals surface area contributed by atoms with Crippen molar-refractivity contribution in [2.45, 2.75) is 12.5 Å². The number of benzene rings is 2. The van der Waals surface area contributed by atoms with Crippen molar-refractivity contribution in [3.8, 4) is 11.1 Å². The lowest BCUT2D eigenvalue weighted by Crippen LogP contribution is -2.26. The average Bonchev–Trinajstić information content (AvgIpc) is 3.39. The topological polar surface area (TPSA) is 127 Å². The van der Waals surface area contributed by atoms with Gasteiger partial charge < -0.3 is 19.6 Å². The molecule has 3 aromatic rings. The van der Waals surface area contributed by atoms with Crippen LogP contribution in [-0.2, 0) is 20.9 Å². The number of nitrogens with one attached hydrogen (secondary N) is 2. The molecule has 0 unspecified atom stereocenters. The van der Waals surface area contributed by atoms with Gasteiger partial charge in [-0.15, -0.1) is 0 Å². The van der Waals surface area contributed by atoms with Gasteiger partial charge in [0.1, 0.15) is 12.4 Å². The van der Waals surface area contributed by atoms with E-state index >= 15 is 0 Å². The molecule has 3 N–H and O–H groups in total. The zero-order valence-corrected chi connectivity index (χ0v) is 16.9. The van der Waals surface area contributed by atoms with Crippen LogP contribution in [0.5, 0.6) is 0 Å². The van der Waals surface area contributed by atoms with Crippen molar-refractivity contribution < 1.29 is 33.5 Å². The first-order chi connectivity index (χ1) is 15.5. The Bertz CT molecular complexity index is 1110. The van der Waals surface area contributed by atoms with Gasteiger partial charge in [0.05, 0.1) is 6.54 Å². The lowest BCUT2D eigenvalue weighted by molar-refractivity contribution is -0.144. The second-order valence-electron chi connectivity index (χ2n) is 7.06.